The number of nitro groups is 1. The van der Waals surface area contributed by atoms with Gasteiger partial charge in [0.05, 0.1) is 4.92 Å². The number of carboxylic acid groups (broad SMARTS) is 1. The van der Waals surface area contributed by atoms with Crippen molar-refractivity contribution in [2.45, 2.75) is 24.6 Å². The molecule has 7 nitrogen and oxygen atoms in total. The van der Waals surface area contributed by atoms with Gasteiger partial charge in [0.15, 0.2) is 0 Å². The zero-order valence-corrected chi connectivity index (χ0v) is 9.77. The van der Waals surface area contributed by atoms with Gasteiger partial charge in [-0.25, -0.2) is 9.78 Å². The van der Waals surface area contributed by atoms with Crippen LogP contribution in [0.4, 0.5) is 24.7 Å². The Morgan fingerprint density at radius 2 is 2.10 bits per heavy atom. The topological polar surface area (TPSA) is 105 Å². The van der Waals surface area contributed by atoms with E-state index in [2.05, 4.69) is 4.98 Å². The van der Waals surface area contributed by atoms with Crippen molar-refractivity contribution in [1.82, 2.24) is 4.98 Å². The van der Waals surface area contributed by atoms with Crippen molar-refractivity contribution < 1.29 is 28.0 Å². The van der Waals surface area contributed by atoms with Crippen LogP contribution in [-0.4, -0.2) is 32.7 Å². The number of nitrogens with one attached hydrogen (secondary N) is 1. The molecule has 0 aliphatic heterocycles. The van der Waals surface area contributed by atoms with Crippen molar-refractivity contribution in [3.05, 3.63) is 27.9 Å². The van der Waals surface area contributed by atoms with Crippen molar-refractivity contribution in [2.24, 2.45) is 0 Å². The summed E-state index contributed by atoms with van der Waals surface area (Å²) < 4.78 is 38.3. The second-order valence-corrected chi connectivity index (χ2v) is 4.36. The number of alkyl halides is 3. The van der Waals surface area contributed by atoms with Gasteiger partial charge in [-0.05, 0) is 12.8 Å². The Hall–Kier alpha value is -2.39. The van der Waals surface area contributed by atoms with Crippen LogP contribution in [0.15, 0.2) is 12.3 Å². The number of aromatic carboxylic acids is 1. The molecule has 20 heavy (non-hydrogen) atoms. The number of halogens is 3. The van der Waals surface area contributed by atoms with Gasteiger partial charge in [0, 0.05) is 6.07 Å². The van der Waals surface area contributed by atoms with Crippen molar-refractivity contribution in [3.8, 4) is 0 Å². The summed E-state index contributed by atoms with van der Waals surface area (Å²) >= 11 is 0. The van der Waals surface area contributed by atoms with Crippen LogP contribution in [0.3, 0.4) is 0 Å². The Morgan fingerprint density at radius 3 is 2.50 bits per heavy atom. The highest BCUT2D eigenvalue weighted by molar-refractivity contribution is 5.94. The molecule has 2 N–H and O–H groups in total. The highest BCUT2D eigenvalue weighted by Crippen LogP contribution is 2.51. The van der Waals surface area contributed by atoms with E-state index < -0.39 is 39.7 Å². The molecule has 0 saturated heterocycles. The summed E-state index contributed by atoms with van der Waals surface area (Å²) in [5.41, 5.74) is -3.47. The lowest BCUT2D eigenvalue weighted by Gasteiger charge is -2.21. The summed E-state index contributed by atoms with van der Waals surface area (Å²) in [7, 11) is 0. The molecule has 1 heterocycles. The zero-order valence-electron chi connectivity index (χ0n) is 9.77. The molecule has 10 heteroatoms. The Kier molecular flexibility index (Phi) is 3.03. The van der Waals surface area contributed by atoms with E-state index in [1.54, 1.807) is 0 Å². The molecule has 0 unspecified atom stereocenters. The van der Waals surface area contributed by atoms with E-state index in [4.69, 9.17) is 5.11 Å². The minimum absolute atomic E-state index is 0.200. The van der Waals surface area contributed by atoms with Crippen LogP contribution in [0, 0.1) is 10.1 Å². The fourth-order valence-electron chi connectivity index (χ4n) is 1.65. The largest absolute Gasteiger partial charge is 0.478 e. The highest BCUT2D eigenvalue weighted by Gasteiger charge is 2.64. The van der Waals surface area contributed by atoms with Gasteiger partial charge in [-0.1, -0.05) is 0 Å². The van der Waals surface area contributed by atoms with Gasteiger partial charge >= 0.3 is 12.1 Å². The molecular weight excluding hydrogens is 283 g/mol. The molecule has 1 aliphatic carbocycles. The summed E-state index contributed by atoms with van der Waals surface area (Å²) in [6.45, 7) is 0. The Balaban J connectivity index is 2.38. The van der Waals surface area contributed by atoms with Crippen molar-refractivity contribution >= 4 is 17.5 Å². The average molecular weight is 291 g/mol. The second kappa shape index (κ2) is 4.32. The van der Waals surface area contributed by atoms with Crippen LogP contribution in [0.25, 0.3) is 0 Å². The molecule has 1 saturated carbocycles. The van der Waals surface area contributed by atoms with Gasteiger partial charge in [-0.2, -0.15) is 13.2 Å². The second-order valence-electron chi connectivity index (χ2n) is 4.36. The quantitative estimate of drug-likeness (QED) is 0.650. The summed E-state index contributed by atoms with van der Waals surface area (Å²) in [5, 5.41) is 21.5. The summed E-state index contributed by atoms with van der Waals surface area (Å²) in [6, 6.07) is 0.671. The van der Waals surface area contributed by atoms with Crippen molar-refractivity contribution in [3.63, 3.8) is 0 Å². The Morgan fingerprint density at radius 1 is 1.50 bits per heavy atom. The third-order valence-corrected chi connectivity index (χ3v) is 2.96. The minimum Gasteiger partial charge on any atom is -0.478 e. The first-order chi connectivity index (χ1) is 9.16. The molecule has 1 aromatic rings. The first-order valence-corrected chi connectivity index (χ1v) is 5.39. The number of pyridine rings is 1. The molecule has 1 fully saturated rings. The standard InChI is InChI=1S/C10H8F3N3O4/c11-10(12,13)9(1-2-9)15-7-6(8(17)18)3-5(4-14-7)16(19)20/h3-4H,1-2H2,(H,14,15)(H,17,18). The predicted octanol–water partition coefficient (Wildman–Crippen LogP) is 2.19. The van der Waals surface area contributed by atoms with Crippen LogP contribution in [0.2, 0.25) is 0 Å². The molecule has 0 radical (unpaired) electrons. The van der Waals surface area contributed by atoms with Crippen LogP contribution in [0.5, 0.6) is 0 Å². The molecule has 0 amide bonds. The maximum atomic E-state index is 12.8. The Bertz CT molecular complexity index is 584. The first-order valence-electron chi connectivity index (χ1n) is 5.39. The smallest absolute Gasteiger partial charge is 0.411 e. The number of hydrogen-bond acceptors (Lipinski definition) is 5. The first kappa shape index (κ1) is 14.0. The van der Waals surface area contributed by atoms with Crippen LogP contribution in [0.1, 0.15) is 23.2 Å². The van der Waals surface area contributed by atoms with E-state index >= 15 is 0 Å². The number of anilines is 1. The number of rotatable bonds is 4. The molecular formula is C10H8F3N3O4. The van der Waals surface area contributed by atoms with Gasteiger partial charge in [-0.3, -0.25) is 10.1 Å². The molecule has 0 aromatic carbocycles. The van der Waals surface area contributed by atoms with Gasteiger partial charge in [0.1, 0.15) is 23.1 Å². The predicted molar refractivity (Wildman–Crippen MR) is 59.5 cm³/mol. The van der Waals surface area contributed by atoms with Gasteiger partial charge in [0.2, 0.25) is 0 Å². The minimum atomic E-state index is -4.55. The highest BCUT2D eigenvalue weighted by atomic mass is 19.4. The molecule has 1 aliphatic rings. The maximum absolute atomic E-state index is 12.8. The van der Waals surface area contributed by atoms with E-state index in [1.807, 2.05) is 5.32 Å². The van der Waals surface area contributed by atoms with E-state index in [9.17, 15) is 28.1 Å². The molecule has 1 aromatic heterocycles. The van der Waals surface area contributed by atoms with E-state index in [-0.39, 0.29) is 12.8 Å². The van der Waals surface area contributed by atoms with E-state index in [0.29, 0.717) is 12.3 Å². The van der Waals surface area contributed by atoms with E-state index in [1.165, 1.54) is 0 Å². The maximum Gasteiger partial charge on any atom is 0.411 e. The summed E-state index contributed by atoms with van der Waals surface area (Å²) in [6.07, 6.45) is -4.24. The number of nitrogens with zero attached hydrogens (tertiary/aromatic N) is 2. The normalized spacial score (nSPS) is 16.6. The lowest BCUT2D eigenvalue weighted by molar-refractivity contribution is -0.385. The number of aromatic nitrogens is 1. The molecule has 108 valence electrons. The molecule has 0 bridgehead atoms. The van der Waals surface area contributed by atoms with Gasteiger partial charge in [0.25, 0.3) is 5.69 Å². The zero-order chi connectivity index (χ0) is 15.1. The fourth-order valence-corrected chi connectivity index (χ4v) is 1.65. The number of hydrogen-bond donors (Lipinski definition) is 2. The molecule has 2 rings (SSSR count). The molecule has 0 spiro atoms. The summed E-state index contributed by atoms with van der Waals surface area (Å²) in [5.74, 6) is -2.13. The third-order valence-electron chi connectivity index (χ3n) is 2.96. The van der Waals surface area contributed by atoms with Crippen LogP contribution < -0.4 is 5.32 Å². The monoisotopic (exact) mass is 291 g/mol. The van der Waals surface area contributed by atoms with Crippen molar-refractivity contribution in [2.75, 3.05) is 5.32 Å². The van der Waals surface area contributed by atoms with Crippen molar-refractivity contribution in [1.29, 1.82) is 0 Å². The van der Waals surface area contributed by atoms with Gasteiger partial charge < -0.3 is 10.4 Å². The lowest BCUT2D eigenvalue weighted by atomic mass is 10.2. The SMILES string of the molecule is O=C(O)c1cc([N+](=O)[O-])cnc1NC1(C(F)(F)F)CC1. The third kappa shape index (κ3) is 2.36. The Labute approximate surface area is 109 Å². The number of carbonyl (C=O) groups is 1. The van der Waals surface area contributed by atoms with E-state index in [0.717, 1.165) is 0 Å². The lowest BCUT2D eigenvalue weighted by Crippen LogP contribution is -2.39. The summed E-state index contributed by atoms with van der Waals surface area (Å²) in [4.78, 5) is 24.0. The average Bonchev–Trinajstić information content (AvgIpc) is 3.09. The molecule has 0 atom stereocenters. The van der Waals surface area contributed by atoms with Crippen LogP contribution in [-0.2, 0) is 0 Å². The fraction of sp³-hybridized carbons (Fsp3) is 0.400. The number of carboxylic acids is 1. The van der Waals surface area contributed by atoms with Crippen LogP contribution >= 0.6 is 0 Å². The van der Waals surface area contributed by atoms with Gasteiger partial charge in [-0.15, -0.1) is 0 Å².